The van der Waals surface area contributed by atoms with Crippen molar-refractivity contribution in [2.75, 3.05) is 19.6 Å². The average molecular weight is 303 g/mol. The Morgan fingerprint density at radius 1 is 1.47 bits per heavy atom. The molecule has 0 fully saturated rings. The van der Waals surface area contributed by atoms with E-state index in [2.05, 4.69) is 9.98 Å². The first-order valence-corrected chi connectivity index (χ1v) is 6.52. The monoisotopic (exact) mass is 302 g/mol. The molecule has 1 aliphatic rings. The van der Waals surface area contributed by atoms with E-state index >= 15 is 0 Å². The molecule has 0 saturated heterocycles. The topological polar surface area (TPSA) is 71.6 Å². The maximum atomic E-state index is 10.6. The fraction of sp³-hybridized carbons (Fsp3) is 0.455. The minimum absolute atomic E-state index is 0.265. The lowest BCUT2D eigenvalue weighted by Crippen LogP contribution is -2.39. The van der Waals surface area contributed by atoms with E-state index in [0.29, 0.717) is 29.1 Å². The van der Waals surface area contributed by atoms with Crippen molar-refractivity contribution in [3.8, 4) is 0 Å². The Morgan fingerprint density at radius 2 is 2.26 bits per heavy atom. The number of halogens is 2. The van der Waals surface area contributed by atoms with Crippen LogP contribution in [-0.4, -0.2) is 40.3 Å². The molecule has 102 valence electrons. The molecule has 1 aromatic rings. The molecule has 0 radical (unpaired) electrons. The largest absolute Gasteiger partial charge is 0.350 e. The molecule has 0 atom stereocenters. The van der Waals surface area contributed by atoms with Gasteiger partial charge in [0.2, 0.25) is 0 Å². The summed E-state index contributed by atoms with van der Waals surface area (Å²) in [6.07, 6.45) is 2.46. The van der Waals surface area contributed by atoms with Crippen molar-refractivity contribution < 1.29 is 4.92 Å². The number of nitrogens with zero attached hydrogens (tertiary/aromatic N) is 4. The fourth-order valence-corrected chi connectivity index (χ4v) is 2.32. The van der Waals surface area contributed by atoms with Crippen LogP contribution in [0.25, 0.3) is 0 Å². The number of pyridine rings is 1. The van der Waals surface area contributed by atoms with Crippen molar-refractivity contribution in [1.29, 1.82) is 0 Å². The molecule has 1 aliphatic heterocycles. The summed E-state index contributed by atoms with van der Waals surface area (Å²) < 4.78 is 0. The van der Waals surface area contributed by atoms with Gasteiger partial charge >= 0.3 is 0 Å². The molecule has 0 saturated carbocycles. The maximum absolute atomic E-state index is 10.6. The highest BCUT2D eigenvalue weighted by molar-refractivity contribution is 6.34. The smallest absolute Gasteiger partial charge is 0.260 e. The Balaban J connectivity index is 2.14. The number of hydrogen-bond donors (Lipinski definition) is 0. The Labute approximate surface area is 120 Å². The average Bonchev–Trinajstić information content (AvgIpc) is 2.34. The normalized spacial score (nSPS) is 15.3. The summed E-state index contributed by atoms with van der Waals surface area (Å²) in [6, 6.07) is 1.56. The van der Waals surface area contributed by atoms with Crippen LogP contribution in [0.15, 0.2) is 17.3 Å². The highest BCUT2D eigenvalue weighted by Gasteiger charge is 2.20. The summed E-state index contributed by atoms with van der Waals surface area (Å²) in [7, 11) is 0. The lowest BCUT2D eigenvalue weighted by Gasteiger charge is -2.27. The van der Waals surface area contributed by atoms with Gasteiger partial charge in [0, 0.05) is 36.3 Å². The van der Waals surface area contributed by atoms with Crippen molar-refractivity contribution in [3.05, 3.63) is 38.1 Å². The van der Waals surface area contributed by atoms with Gasteiger partial charge < -0.3 is 4.90 Å². The van der Waals surface area contributed by atoms with Crippen LogP contribution >= 0.6 is 23.2 Å². The van der Waals surface area contributed by atoms with Gasteiger partial charge in [-0.3, -0.25) is 15.1 Å². The molecule has 2 rings (SSSR count). The molecular weight excluding hydrogens is 291 g/mol. The summed E-state index contributed by atoms with van der Waals surface area (Å²) >= 11 is 11.8. The molecule has 0 amide bonds. The summed E-state index contributed by atoms with van der Waals surface area (Å²) in [6.45, 7) is 1.55. The highest BCUT2D eigenvalue weighted by Crippen LogP contribution is 2.21. The van der Waals surface area contributed by atoms with E-state index in [1.807, 2.05) is 4.90 Å². The molecule has 0 aromatic carbocycles. The van der Waals surface area contributed by atoms with Crippen LogP contribution < -0.4 is 0 Å². The number of nitro groups is 1. The molecule has 19 heavy (non-hydrogen) atoms. The van der Waals surface area contributed by atoms with Crippen molar-refractivity contribution in [2.24, 2.45) is 4.99 Å². The van der Waals surface area contributed by atoms with Crippen molar-refractivity contribution in [1.82, 2.24) is 9.88 Å². The Hall–Kier alpha value is -1.40. The second-order valence-corrected chi connectivity index (χ2v) is 4.96. The first kappa shape index (κ1) is 14.0. The Morgan fingerprint density at radius 3 is 2.95 bits per heavy atom. The van der Waals surface area contributed by atoms with E-state index in [4.69, 9.17) is 23.2 Å². The van der Waals surface area contributed by atoms with E-state index < -0.39 is 0 Å². The highest BCUT2D eigenvalue weighted by atomic mass is 35.5. The predicted molar refractivity (Wildman–Crippen MR) is 73.4 cm³/mol. The van der Waals surface area contributed by atoms with E-state index in [1.165, 1.54) is 0 Å². The molecule has 0 aliphatic carbocycles. The van der Waals surface area contributed by atoms with Gasteiger partial charge in [0.25, 0.3) is 6.54 Å². The van der Waals surface area contributed by atoms with Crippen LogP contribution in [-0.2, 0) is 6.54 Å². The van der Waals surface area contributed by atoms with Crippen LogP contribution in [0.2, 0.25) is 10.2 Å². The van der Waals surface area contributed by atoms with Crippen molar-refractivity contribution >= 4 is 29.0 Å². The molecule has 0 spiro atoms. The van der Waals surface area contributed by atoms with Crippen molar-refractivity contribution in [3.63, 3.8) is 0 Å². The van der Waals surface area contributed by atoms with Crippen LogP contribution in [0.4, 0.5) is 0 Å². The van der Waals surface area contributed by atoms with E-state index in [-0.39, 0.29) is 11.5 Å². The lowest BCUT2D eigenvalue weighted by molar-refractivity contribution is -0.464. The van der Waals surface area contributed by atoms with Gasteiger partial charge in [-0.2, -0.15) is 0 Å². The number of hydrogen-bond acceptors (Lipinski definition) is 5. The van der Waals surface area contributed by atoms with Crippen LogP contribution in [0.1, 0.15) is 12.0 Å². The third-order valence-electron chi connectivity index (χ3n) is 2.77. The van der Waals surface area contributed by atoms with Crippen LogP contribution in [0.5, 0.6) is 0 Å². The zero-order valence-electron chi connectivity index (χ0n) is 10.1. The summed E-state index contributed by atoms with van der Waals surface area (Å²) in [5, 5.41) is 11.5. The van der Waals surface area contributed by atoms with Gasteiger partial charge in [-0.25, -0.2) is 4.98 Å². The van der Waals surface area contributed by atoms with Crippen molar-refractivity contribution in [2.45, 2.75) is 13.0 Å². The molecule has 2 heterocycles. The molecule has 0 bridgehead atoms. The van der Waals surface area contributed by atoms with E-state index in [1.54, 1.807) is 12.3 Å². The van der Waals surface area contributed by atoms with Gasteiger partial charge in [0.1, 0.15) is 5.15 Å². The second-order valence-electron chi connectivity index (χ2n) is 4.16. The minimum Gasteiger partial charge on any atom is -0.350 e. The molecule has 1 aromatic heterocycles. The minimum atomic E-state index is -0.376. The quantitative estimate of drug-likeness (QED) is 0.486. The lowest BCUT2D eigenvalue weighted by atomic mass is 10.2. The van der Waals surface area contributed by atoms with Gasteiger partial charge in [0.15, 0.2) is 5.84 Å². The molecule has 0 unspecified atom stereocenters. The van der Waals surface area contributed by atoms with Gasteiger partial charge in [-0.15, -0.1) is 0 Å². The van der Waals surface area contributed by atoms with Gasteiger partial charge in [-0.1, -0.05) is 23.2 Å². The molecule has 6 nitrogen and oxygen atoms in total. The second kappa shape index (κ2) is 6.16. The summed E-state index contributed by atoms with van der Waals surface area (Å²) in [5.74, 6) is 0.488. The third-order valence-corrected chi connectivity index (χ3v) is 3.33. The SMILES string of the molecule is O=[N+]([O-])CC1=NCCCN1Cc1cnc(Cl)cc1Cl. The van der Waals surface area contributed by atoms with Crippen LogP contribution in [0, 0.1) is 10.1 Å². The van der Waals surface area contributed by atoms with Crippen LogP contribution in [0.3, 0.4) is 0 Å². The summed E-state index contributed by atoms with van der Waals surface area (Å²) in [5.41, 5.74) is 0.781. The van der Waals surface area contributed by atoms with Gasteiger partial charge in [0.05, 0.1) is 5.02 Å². The molecule has 8 heteroatoms. The Kier molecular flexibility index (Phi) is 4.55. The first-order valence-electron chi connectivity index (χ1n) is 5.76. The number of rotatable bonds is 4. The number of amidine groups is 1. The third kappa shape index (κ3) is 3.78. The zero-order chi connectivity index (χ0) is 13.8. The zero-order valence-corrected chi connectivity index (χ0v) is 11.6. The standard InChI is InChI=1S/C11H12Cl2N4O2/c12-9-4-10(13)15-5-8(9)6-16-3-1-2-14-11(16)7-17(18)19/h4-5H,1-3,6-7H2. The number of aromatic nitrogens is 1. The number of aliphatic imine (C=N–C) groups is 1. The summed E-state index contributed by atoms with van der Waals surface area (Å²) in [4.78, 5) is 20.3. The van der Waals surface area contributed by atoms with E-state index in [9.17, 15) is 10.1 Å². The Bertz CT molecular complexity index is 521. The first-order chi connectivity index (χ1) is 9.06. The predicted octanol–water partition coefficient (Wildman–Crippen LogP) is 2.27. The van der Waals surface area contributed by atoms with E-state index in [0.717, 1.165) is 18.5 Å². The fourth-order valence-electron chi connectivity index (χ4n) is 1.89. The van der Waals surface area contributed by atoms with Gasteiger partial charge in [-0.05, 0) is 12.5 Å². The maximum Gasteiger partial charge on any atom is 0.260 e. The molecular formula is C11H12Cl2N4O2. The molecule has 0 N–H and O–H groups in total.